The topological polar surface area (TPSA) is 62.3 Å². The average Bonchev–Trinajstić information content (AvgIpc) is 3.85. The van der Waals surface area contributed by atoms with E-state index in [2.05, 4.69) is 121 Å². The quantitative estimate of drug-likeness (QED) is 0.149. The Hall–Kier alpha value is -4.74. The number of nitrogens with one attached hydrogen (secondary N) is 1. The van der Waals surface area contributed by atoms with Crippen LogP contribution in [-0.4, -0.2) is 34.0 Å². The van der Waals surface area contributed by atoms with Crippen LogP contribution in [0, 0.1) is 11.8 Å². The lowest BCUT2D eigenvalue weighted by atomic mass is 9.72. The molecule has 0 radical (unpaired) electrons. The molecule has 2 saturated heterocycles. The maximum Gasteiger partial charge on any atom is 0.266 e. The van der Waals surface area contributed by atoms with Gasteiger partial charge in [-0.15, -0.1) is 0 Å². The maximum atomic E-state index is 13.7. The Labute approximate surface area is 303 Å². The van der Waals surface area contributed by atoms with Crippen molar-refractivity contribution in [3.05, 3.63) is 143 Å². The predicted molar refractivity (Wildman–Crippen MR) is 209 cm³/mol. The zero-order chi connectivity index (χ0) is 36.4. The number of imide groups is 1. The molecule has 5 nitrogen and oxygen atoms in total. The zero-order valence-electron chi connectivity index (χ0n) is 31.3. The number of nitrogens with zero attached hydrogens (tertiary/aromatic N) is 2. The van der Waals surface area contributed by atoms with Crippen LogP contribution in [0.5, 0.6) is 0 Å². The Kier molecular flexibility index (Phi) is 7.13. The number of hydrogen-bond acceptors (Lipinski definition) is 4. The lowest BCUT2D eigenvalue weighted by molar-refractivity contribution is 0.0926. The summed E-state index contributed by atoms with van der Waals surface area (Å²) in [5.74, 6) is 0.537. The van der Waals surface area contributed by atoms with Crippen LogP contribution in [0.15, 0.2) is 98.1 Å². The molecule has 4 aromatic rings. The Morgan fingerprint density at radius 1 is 0.549 bits per heavy atom. The molecule has 4 atom stereocenters. The van der Waals surface area contributed by atoms with Gasteiger partial charge in [0.25, 0.3) is 11.8 Å². The third kappa shape index (κ3) is 4.50. The number of fused-ring (bicyclic) bond motifs is 3. The molecular formula is C46H49N3O2. The molecule has 2 amide bonds. The van der Waals surface area contributed by atoms with E-state index in [4.69, 9.17) is 0 Å². The molecule has 0 saturated carbocycles. The van der Waals surface area contributed by atoms with Crippen molar-refractivity contribution in [3.8, 4) is 0 Å². The number of hydrogen-bond donors (Lipinski definition) is 1. The number of carbonyl (C=O) groups is 2. The van der Waals surface area contributed by atoms with Crippen LogP contribution in [0.3, 0.4) is 0 Å². The monoisotopic (exact) mass is 675 g/mol. The van der Waals surface area contributed by atoms with Gasteiger partial charge in [0.2, 0.25) is 0 Å². The second-order valence-corrected chi connectivity index (χ2v) is 16.7. The van der Waals surface area contributed by atoms with E-state index < -0.39 is 0 Å². The van der Waals surface area contributed by atoms with Crippen molar-refractivity contribution in [2.24, 2.45) is 11.8 Å². The third-order valence-electron chi connectivity index (χ3n) is 13.7. The number of amides is 2. The summed E-state index contributed by atoms with van der Waals surface area (Å²) in [5, 5.41) is 3.61. The highest BCUT2D eigenvalue weighted by molar-refractivity contribution is 6.34. The molecule has 3 aliphatic heterocycles. The van der Waals surface area contributed by atoms with E-state index in [1.165, 1.54) is 16.2 Å². The minimum atomic E-state index is -0.279. The molecule has 5 heteroatoms. The SMILES string of the molecule is C=C1c2ccc(Cc3ccc4c(c3)C(=O)N(c3ccc(Cc5ccc(N6C(C)(C(C)C)C6(C)C(C)C)cc5)cc3)C4=O)cc2C(=C)C2(C)NC12C. The van der Waals surface area contributed by atoms with E-state index in [0.717, 1.165) is 45.4 Å². The summed E-state index contributed by atoms with van der Waals surface area (Å²) < 4.78 is 0. The summed E-state index contributed by atoms with van der Waals surface area (Å²) in [6.45, 7) is 27.3. The molecule has 2 fully saturated rings. The molecule has 0 aromatic heterocycles. The van der Waals surface area contributed by atoms with Crippen LogP contribution in [0.2, 0.25) is 0 Å². The lowest BCUT2D eigenvalue weighted by Gasteiger charge is -2.29. The van der Waals surface area contributed by atoms with Crippen LogP contribution in [0.25, 0.3) is 11.1 Å². The fraction of sp³-hybridized carbons (Fsp3) is 0.348. The van der Waals surface area contributed by atoms with Crippen molar-refractivity contribution < 1.29 is 9.59 Å². The molecule has 4 aromatic carbocycles. The van der Waals surface area contributed by atoms with Gasteiger partial charge in [0.05, 0.1) is 39.0 Å². The fourth-order valence-corrected chi connectivity index (χ4v) is 9.48. The fourth-order valence-electron chi connectivity index (χ4n) is 9.48. The zero-order valence-corrected chi connectivity index (χ0v) is 31.3. The highest BCUT2D eigenvalue weighted by atomic mass is 16.2. The molecule has 1 N–H and O–H groups in total. The van der Waals surface area contributed by atoms with Crippen LogP contribution >= 0.6 is 0 Å². The van der Waals surface area contributed by atoms with Gasteiger partial charge in [0, 0.05) is 5.69 Å². The van der Waals surface area contributed by atoms with Gasteiger partial charge in [0.15, 0.2) is 0 Å². The van der Waals surface area contributed by atoms with Crippen LogP contribution < -0.4 is 15.1 Å². The summed E-state index contributed by atoms with van der Waals surface area (Å²) in [6.07, 6.45) is 1.42. The van der Waals surface area contributed by atoms with Crippen LogP contribution in [0.4, 0.5) is 11.4 Å². The van der Waals surface area contributed by atoms with Crippen LogP contribution in [0.1, 0.15) is 109 Å². The third-order valence-corrected chi connectivity index (χ3v) is 13.7. The van der Waals surface area contributed by atoms with Gasteiger partial charge < -0.3 is 4.90 Å². The predicted octanol–water partition coefficient (Wildman–Crippen LogP) is 9.48. The van der Waals surface area contributed by atoms with Gasteiger partial charge in [-0.2, -0.15) is 0 Å². The summed E-state index contributed by atoms with van der Waals surface area (Å²) in [7, 11) is 0. The number of carbonyl (C=O) groups excluding carboxylic acids is 2. The molecule has 0 spiro atoms. The highest BCUT2D eigenvalue weighted by Crippen LogP contribution is 2.62. The summed E-state index contributed by atoms with van der Waals surface area (Å²) in [4.78, 5) is 31.1. The molecule has 0 bridgehead atoms. The summed E-state index contributed by atoms with van der Waals surface area (Å²) in [5.41, 5.74) is 11.6. The van der Waals surface area contributed by atoms with Crippen molar-refractivity contribution in [3.63, 3.8) is 0 Å². The molecule has 3 heterocycles. The Bertz CT molecular complexity index is 2160. The highest BCUT2D eigenvalue weighted by Gasteiger charge is 2.71. The van der Waals surface area contributed by atoms with Crippen LogP contribution in [-0.2, 0) is 12.8 Å². The van der Waals surface area contributed by atoms with Crippen molar-refractivity contribution in [1.82, 2.24) is 5.32 Å². The summed E-state index contributed by atoms with van der Waals surface area (Å²) >= 11 is 0. The second-order valence-electron chi connectivity index (χ2n) is 16.7. The molecule has 8 rings (SSSR count). The minimum absolute atomic E-state index is 0.133. The standard InChI is InChI=1S/C46H49N3O2/c1-27(2)45(9)46(10,28(3)4)49(45)36-19-13-32(14-20-36)23-31-11-17-35(18-12-31)48-41(50)38-22-16-34(26-40(38)42(48)51)24-33-15-21-37-29(5)43(7)44(8,47-43)30(6)39(37)25-33/h11-22,25-28,47H,5-6,23-24H2,1-4,7-10H3. The average molecular weight is 676 g/mol. The van der Waals surface area contributed by atoms with Crippen molar-refractivity contribution >= 4 is 34.3 Å². The van der Waals surface area contributed by atoms with Gasteiger partial charge in [-0.05, 0) is 133 Å². The molecule has 1 aliphatic carbocycles. The van der Waals surface area contributed by atoms with E-state index in [1.807, 2.05) is 36.4 Å². The van der Waals surface area contributed by atoms with Gasteiger partial charge in [-0.25, -0.2) is 4.90 Å². The first-order valence-corrected chi connectivity index (χ1v) is 18.4. The lowest BCUT2D eigenvalue weighted by Crippen LogP contribution is -2.29. The van der Waals surface area contributed by atoms with E-state index >= 15 is 0 Å². The Morgan fingerprint density at radius 2 is 0.961 bits per heavy atom. The van der Waals surface area contributed by atoms with Gasteiger partial charge >= 0.3 is 0 Å². The van der Waals surface area contributed by atoms with E-state index in [9.17, 15) is 9.59 Å². The Morgan fingerprint density at radius 3 is 1.49 bits per heavy atom. The smallest absolute Gasteiger partial charge is 0.266 e. The second kappa shape index (κ2) is 10.9. The number of benzene rings is 4. The van der Waals surface area contributed by atoms with Gasteiger partial charge in [0.1, 0.15) is 0 Å². The normalized spacial score (nSPS) is 27.6. The molecular weight excluding hydrogens is 627 g/mol. The first kappa shape index (κ1) is 33.4. The first-order chi connectivity index (χ1) is 24.1. The first-order valence-electron chi connectivity index (χ1n) is 18.4. The maximum absolute atomic E-state index is 13.7. The largest absolute Gasteiger partial charge is 0.355 e. The van der Waals surface area contributed by atoms with E-state index in [1.54, 1.807) is 6.07 Å². The Balaban J connectivity index is 0.958. The molecule has 4 aliphatic rings. The molecule has 260 valence electrons. The van der Waals surface area contributed by atoms with Crippen molar-refractivity contribution in [1.29, 1.82) is 0 Å². The molecule has 4 unspecified atom stereocenters. The van der Waals surface area contributed by atoms with Crippen molar-refractivity contribution in [2.75, 3.05) is 9.80 Å². The van der Waals surface area contributed by atoms with E-state index in [-0.39, 0.29) is 34.0 Å². The van der Waals surface area contributed by atoms with Gasteiger partial charge in [-0.1, -0.05) is 89.4 Å². The number of anilines is 2. The summed E-state index contributed by atoms with van der Waals surface area (Å²) in [6, 6.07) is 28.9. The van der Waals surface area contributed by atoms with E-state index in [0.29, 0.717) is 35.1 Å². The minimum Gasteiger partial charge on any atom is -0.355 e. The van der Waals surface area contributed by atoms with Gasteiger partial charge in [-0.3, -0.25) is 14.9 Å². The number of rotatable bonds is 8. The van der Waals surface area contributed by atoms with Crippen molar-refractivity contribution in [2.45, 2.75) is 90.4 Å². The molecule has 51 heavy (non-hydrogen) atoms.